The van der Waals surface area contributed by atoms with E-state index in [1.54, 1.807) is 0 Å². The quantitative estimate of drug-likeness (QED) is 0.884. The largest absolute Gasteiger partial charge is 0.313 e. The first-order valence-electron chi connectivity index (χ1n) is 7.27. The Balaban J connectivity index is 1.95. The number of hydrogen-bond acceptors (Lipinski definition) is 2. The lowest BCUT2D eigenvalue weighted by atomic mass is 10.0. The Morgan fingerprint density at radius 3 is 2.68 bits per heavy atom. The Labute approximate surface area is 122 Å². The molecule has 1 aliphatic rings. The van der Waals surface area contributed by atoms with Crippen molar-refractivity contribution >= 4 is 11.6 Å². The molecule has 1 aromatic carbocycles. The van der Waals surface area contributed by atoms with Crippen LogP contribution in [0.25, 0.3) is 0 Å². The third kappa shape index (κ3) is 3.71. The average Bonchev–Trinajstić information content (AvgIpc) is 2.70. The fourth-order valence-corrected chi connectivity index (χ4v) is 3.47. The van der Waals surface area contributed by atoms with Crippen LogP contribution in [0.1, 0.15) is 38.3 Å². The number of nitrogens with one attached hydrogen (secondary N) is 1. The molecule has 2 nitrogen and oxygen atoms in total. The molecule has 0 amide bonds. The highest BCUT2D eigenvalue weighted by atomic mass is 35.5. The molecular weight excluding hydrogens is 256 g/mol. The van der Waals surface area contributed by atoms with Crippen molar-refractivity contribution in [2.75, 3.05) is 20.1 Å². The molecule has 0 spiro atoms. The van der Waals surface area contributed by atoms with Crippen LogP contribution >= 0.6 is 11.6 Å². The molecule has 0 radical (unpaired) electrons. The van der Waals surface area contributed by atoms with E-state index in [1.165, 1.54) is 18.5 Å². The smallest absolute Gasteiger partial charge is 0.0453 e. The van der Waals surface area contributed by atoms with E-state index in [9.17, 15) is 0 Å². The van der Waals surface area contributed by atoms with Gasteiger partial charge in [-0.2, -0.15) is 0 Å². The molecule has 106 valence electrons. The van der Waals surface area contributed by atoms with Crippen molar-refractivity contribution < 1.29 is 0 Å². The summed E-state index contributed by atoms with van der Waals surface area (Å²) in [5, 5.41) is 4.26. The molecule has 1 aliphatic heterocycles. The van der Waals surface area contributed by atoms with Gasteiger partial charge in [0.05, 0.1) is 0 Å². The van der Waals surface area contributed by atoms with E-state index in [1.807, 2.05) is 19.2 Å². The summed E-state index contributed by atoms with van der Waals surface area (Å²) in [5.41, 5.74) is 1.21. The van der Waals surface area contributed by atoms with E-state index in [-0.39, 0.29) is 0 Å². The van der Waals surface area contributed by atoms with Crippen LogP contribution in [-0.2, 0) is 0 Å². The lowest BCUT2D eigenvalue weighted by Crippen LogP contribution is -2.31. The van der Waals surface area contributed by atoms with Crippen LogP contribution < -0.4 is 5.32 Å². The summed E-state index contributed by atoms with van der Waals surface area (Å²) < 4.78 is 0. The van der Waals surface area contributed by atoms with Gasteiger partial charge in [0.1, 0.15) is 0 Å². The van der Waals surface area contributed by atoms with Gasteiger partial charge in [-0.1, -0.05) is 36.7 Å². The summed E-state index contributed by atoms with van der Waals surface area (Å²) in [7, 11) is 2.02. The molecule has 19 heavy (non-hydrogen) atoms. The second-order valence-electron chi connectivity index (χ2n) is 5.84. The lowest BCUT2D eigenvalue weighted by molar-refractivity contribution is 0.250. The van der Waals surface area contributed by atoms with Crippen molar-refractivity contribution in [2.24, 2.45) is 5.92 Å². The second-order valence-corrected chi connectivity index (χ2v) is 6.24. The maximum Gasteiger partial charge on any atom is 0.0453 e. The van der Waals surface area contributed by atoms with Crippen molar-refractivity contribution in [3.63, 3.8) is 0 Å². The zero-order valence-electron chi connectivity index (χ0n) is 12.2. The summed E-state index contributed by atoms with van der Waals surface area (Å²) in [4.78, 5) is 2.60. The van der Waals surface area contributed by atoms with Gasteiger partial charge in [0, 0.05) is 30.2 Å². The van der Waals surface area contributed by atoms with Gasteiger partial charge in [-0.25, -0.2) is 0 Å². The van der Waals surface area contributed by atoms with Gasteiger partial charge in [-0.15, -0.1) is 0 Å². The van der Waals surface area contributed by atoms with Crippen molar-refractivity contribution in [3.05, 3.63) is 34.9 Å². The molecule has 1 saturated heterocycles. The molecule has 3 heteroatoms. The van der Waals surface area contributed by atoms with Gasteiger partial charge in [-0.05, 0) is 44.4 Å². The van der Waals surface area contributed by atoms with Crippen molar-refractivity contribution in [1.82, 2.24) is 10.2 Å². The van der Waals surface area contributed by atoms with E-state index in [0.29, 0.717) is 6.04 Å². The summed E-state index contributed by atoms with van der Waals surface area (Å²) in [6.45, 7) is 7.07. The number of nitrogens with zero attached hydrogens (tertiary/aromatic N) is 1. The van der Waals surface area contributed by atoms with Gasteiger partial charge < -0.3 is 10.2 Å². The minimum absolute atomic E-state index is 0.344. The van der Waals surface area contributed by atoms with E-state index >= 15 is 0 Å². The van der Waals surface area contributed by atoms with Crippen LogP contribution in [0.4, 0.5) is 0 Å². The highest BCUT2D eigenvalue weighted by Crippen LogP contribution is 2.27. The number of rotatable bonds is 5. The molecule has 1 fully saturated rings. The highest BCUT2D eigenvalue weighted by molar-refractivity contribution is 6.31. The van der Waals surface area contributed by atoms with Crippen LogP contribution in [0.2, 0.25) is 5.02 Å². The predicted octanol–water partition coefficient (Wildman–Crippen LogP) is 3.72. The summed E-state index contributed by atoms with van der Waals surface area (Å²) in [6.07, 6.45) is 2.44. The van der Waals surface area contributed by atoms with E-state index in [2.05, 4.69) is 36.2 Å². The third-order valence-corrected chi connectivity index (χ3v) is 4.59. The first-order valence-corrected chi connectivity index (χ1v) is 7.65. The van der Waals surface area contributed by atoms with Gasteiger partial charge in [0.2, 0.25) is 0 Å². The van der Waals surface area contributed by atoms with Crippen molar-refractivity contribution in [3.8, 4) is 0 Å². The molecule has 1 heterocycles. The maximum atomic E-state index is 6.29. The molecule has 1 aromatic rings. The fraction of sp³-hybridized carbons (Fsp3) is 0.625. The monoisotopic (exact) mass is 280 g/mol. The van der Waals surface area contributed by atoms with Crippen molar-refractivity contribution in [2.45, 2.75) is 38.8 Å². The number of halogens is 1. The van der Waals surface area contributed by atoms with Crippen LogP contribution in [0.3, 0.4) is 0 Å². The molecule has 0 aliphatic carbocycles. The maximum absolute atomic E-state index is 6.29. The Morgan fingerprint density at radius 1 is 1.37 bits per heavy atom. The summed E-state index contributed by atoms with van der Waals surface area (Å²) in [6, 6.07) is 9.21. The molecular formula is C16H25ClN2. The third-order valence-electron chi connectivity index (χ3n) is 4.25. The average molecular weight is 281 g/mol. The number of benzene rings is 1. The highest BCUT2D eigenvalue weighted by Gasteiger charge is 2.26. The predicted molar refractivity (Wildman–Crippen MR) is 82.7 cm³/mol. The molecule has 3 atom stereocenters. The fourth-order valence-electron chi connectivity index (χ4n) is 3.21. The topological polar surface area (TPSA) is 15.3 Å². The molecule has 1 N–H and O–H groups in total. The molecule has 0 aromatic heterocycles. The summed E-state index contributed by atoms with van der Waals surface area (Å²) in [5.74, 6) is 0.836. The van der Waals surface area contributed by atoms with E-state index < -0.39 is 0 Å². The van der Waals surface area contributed by atoms with Gasteiger partial charge in [0.15, 0.2) is 0 Å². The van der Waals surface area contributed by atoms with E-state index in [4.69, 9.17) is 11.6 Å². The van der Waals surface area contributed by atoms with Gasteiger partial charge in [0.25, 0.3) is 0 Å². The minimum Gasteiger partial charge on any atom is -0.313 e. The Hall–Kier alpha value is -0.570. The number of likely N-dealkylation sites (tertiary alicyclic amines) is 1. The van der Waals surface area contributed by atoms with Crippen LogP contribution in [0.15, 0.2) is 24.3 Å². The molecule has 0 bridgehead atoms. The normalized spacial score (nSPS) is 25.7. The van der Waals surface area contributed by atoms with Gasteiger partial charge in [-0.3, -0.25) is 0 Å². The first-order chi connectivity index (χ1) is 9.11. The molecule has 3 unspecified atom stereocenters. The lowest BCUT2D eigenvalue weighted by Gasteiger charge is -2.25. The Bertz CT molecular complexity index is 407. The van der Waals surface area contributed by atoms with Crippen LogP contribution in [0.5, 0.6) is 0 Å². The second kappa shape index (κ2) is 6.74. The molecule has 0 saturated carbocycles. The van der Waals surface area contributed by atoms with E-state index in [0.717, 1.165) is 29.9 Å². The van der Waals surface area contributed by atoms with Gasteiger partial charge >= 0.3 is 0 Å². The number of hydrogen-bond donors (Lipinski definition) is 1. The molecule has 2 rings (SSSR count). The Morgan fingerprint density at radius 2 is 2.11 bits per heavy atom. The first kappa shape index (κ1) is 14.8. The zero-order chi connectivity index (χ0) is 13.8. The minimum atomic E-state index is 0.344. The Kier molecular flexibility index (Phi) is 5.26. The standard InChI is InChI=1S/C16H25ClN2/c1-12-10-13(2)19(11-12)9-8-16(18-3)14-6-4-5-7-15(14)17/h4-7,12-13,16,18H,8-11H2,1-3H3. The van der Waals surface area contributed by atoms with Crippen LogP contribution in [-0.4, -0.2) is 31.1 Å². The zero-order valence-corrected chi connectivity index (χ0v) is 13.0. The SMILES string of the molecule is CNC(CCN1CC(C)CC1C)c1ccccc1Cl. The van der Waals surface area contributed by atoms with Crippen LogP contribution in [0, 0.1) is 5.92 Å². The summed E-state index contributed by atoms with van der Waals surface area (Å²) >= 11 is 6.29. The van der Waals surface area contributed by atoms with Crippen molar-refractivity contribution in [1.29, 1.82) is 0 Å².